The third-order valence-electron chi connectivity index (χ3n) is 11.9. The van der Waals surface area contributed by atoms with E-state index < -0.39 is 24.3 Å². The Labute approximate surface area is 430 Å². The van der Waals surface area contributed by atoms with Gasteiger partial charge in [-0.15, -0.1) is 0 Å². The van der Waals surface area contributed by atoms with Crippen molar-refractivity contribution >= 4 is 17.9 Å². The zero-order valence-corrected chi connectivity index (χ0v) is 45.7. The van der Waals surface area contributed by atoms with Crippen LogP contribution in [0.4, 0.5) is 0 Å². The molecule has 0 aromatic heterocycles. The first-order valence-corrected chi connectivity index (χ1v) is 28.3. The molecular formula is C61H106NO8+. The second kappa shape index (κ2) is 51.8. The number of carbonyl (C=O) groups is 3. The normalized spacial score (nSPS) is 13.4. The van der Waals surface area contributed by atoms with E-state index in [2.05, 4.69) is 98.9 Å². The predicted molar refractivity (Wildman–Crippen MR) is 295 cm³/mol. The van der Waals surface area contributed by atoms with Crippen LogP contribution >= 0.6 is 0 Å². The molecule has 0 aliphatic carbocycles. The van der Waals surface area contributed by atoms with Crippen molar-refractivity contribution in [2.24, 2.45) is 0 Å². The smallest absolute Gasteiger partial charge is 0.361 e. The van der Waals surface area contributed by atoms with Gasteiger partial charge < -0.3 is 28.5 Å². The van der Waals surface area contributed by atoms with Crippen LogP contribution in [0, 0.1) is 0 Å². The summed E-state index contributed by atoms with van der Waals surface area (Å²) in [6, 6.07) is 0. The number of nitrogens with zero attached hydrogens (tertiary/aromatic N) is 1. The van der Waals surface area contributed by atoms with Crippen LogP contribution in [0.1, 0.15) is 226 Å². The maximum atomic E-state index is 12.8. The summed E-state index contributed by atoms with van der Waals surface area (Å²) in [6.45, 7) is 4.69. The second-order valence-electron chi connectivity index (χ2n) is 19.9. The van der Waals surface area contributed by atoms with Crippen molar-refractivity contribution in [3.63, 3.8) is 0 Å². The molecule has 0 aliphatic heterocycles. The van der Waals surface area contributed by atoms with Crippen molar-refractivity contribution in [2.45, 2.75) is 238 Å². The number of hydrogen-bond acceptors (Lipinski definition) is 7. The Balaban J connectivity index is 3.91. The Bertz CT molecular complexity index is 1420. The minimum Gasteiger partial charge on any atom is -0.477 e. The Morgan fingerprint density at radius 2 is 0.814 bits per heavy atom. The van der Waals surface area contributed by atoms with Crippen LogP contribution in [-0.4, -0.2) is 87.4 Å². The Kier molecular flexibility index (Phi) is 49.2. The molecule has 9 nitrogen and oxygen atoms in total. The summed E-state index contributed by atoms with van der Waals surface area (Å²) < 4.78 is 22.7. The predicted octanol–water partition coefficient (Wildman–Crippen LogP) is 16.4. The number of esters is 2. The van der Waals surface area contributed by atoms with Crippen molar-refractivity contribution in [1.29, 1.82) is 0 Å². The highest BCUT2D eigenvalue weighted by Gasteiger charge is 2.25. The van der Waals surface area contributed by atoms with Crippen molar-refractivity contribution < 1.29 is 42.9 Å². The average molecular weight is 982 g/mol. The molecule has 9 heteroatoms. The lowest BCUT2D eigenvalue weighted by Crippen LogP contribution is -2.40. The molecule has 2 unspecified atom stereocenters. The number of ether oxygens (including phenoxy) is 4. The lowest BCUT2D eigenvalue weighted by atomic mass is 10.0. The van der Waals surface area contributed by atoms with Crippen LogP contribution in [0.5, 0.6) is 0 Å². The van der Waals surface area contributed by atoms with Gasteiger partial charge in [-0.25, -0.2) is 4.79 Å². The highest BCUT2D eigenvalue weighted by molar-refractivity contribution is 5.71. The van der Waals surface area contributed by atoms with Crippen LogP contribution in [0.15, 0.2) is 85.1 Å². The summed E-state index contributed by atoms with van der Waals surface area (Å²) in [5, 5.41) is 9.62. The van der Waals surface area contributed by atoms with Crippen LogP contribution in [0.2, 0.25) is 0 Å². The zero-order valence-electron chi connectivity index (χ0n) is 45.7. The minimum atomic E-state index is -1.51. The molecule has 0 aliphatic rings. The van der Waals surface area contributed by atoms with E-state index in [0.29, 0.717) is 17.4 Å². The van der Waals surface area contributed by atoms with Gasteiger partial charge in [0.2, 0.25) is 0 Å². The molecule has 0 rings (SSSR count). The van der Waals surface area contributed by atoms with E-state index in [1.165, 1.54) is 109 Å². The molecule has 0 saturated heterocycles. The van der Waals surface area contributed by atoms with Crippen LogP contribution < -0.4 is 0 Å². The van der Waals surface area contributed by atoms with E-state index in [9.17, 15) is 19.5 Å². The number of carboxylic acids is 1. The second-order valence-corrected chi connectivity index (χ2v) is 19.9. The molecule has 0 spiro atoms. The zero-order chi connectivity index (χ0) is 51.3. The summed E-state index contributed by atoms with van der Waals surface area (Å²) in [5.41, 5.74) is 0. The molecule has 0 heterocycles. The molecule has 0 amide bonds. The summed E-state index contributed by atoms with van der Waals surface area (Å²) in [4.78, 5) is 37.0. The van der Waals surface area contributed by atoms with Gasteiger partial charge in [-0.3, -0.25) is 9.59 Å². The first-order chi connectivity index (χ1) is 34.1. The van der Waals surface area contributed by atoms with Gasteiger partial charge in [0.1, 0.15) is 13.2 Å². The fraction of sp³-hybridized carbons (Fsp3) is 0.721. The fourth-order valence-electron chi connectivity index (χ4n) is 7.58. The van der Waals surface area contributed by atoms with Gasteiger partial charge in [0.15, 0.2) is 6.10 Å². The van der Waals surface area contributed by atoms with Crippen molar-refractivity contribution in [2.75, 3.05) is 47.5 Å². The Morgan fingerprint density at radius 3 is 1.21 bits per heavy atom. The summed E-state index contributed by atoms with van der Waals surface area (Å²) in [6.07, 6.45) is 65.8. The van der Waals surface area contributed by atoms with Crippen molar-refractivity contribution in [3.8, 4) is 0 Å². The number of quaternary nitrogens is 1. The Morgan fingerprint density at radius 1 is 0.443 bits per heavy atom. The first kappa shape index (κ1) is 66.5. The molecule has 0 radical (unpaired) electrons. The molecular weight excluding hydrogens is 875 g/mol. The van der Waals surface area contributed by atoms with E-state index in [1.54, 1.807) is 0 Å². The van der Waals surface area contributed by atoms with Gasteiger partial charge in [-0.05, 0) is 70.6 Å². The number of rotatable bonds is 51. The number of unbranched alkanes of at least 4 members (excludes halogenated alkanes) is 22. The highest BCUT2D eigenvalue weighted by atomic mass is 16.7. The third kappa shape index (κ3) is 52.3. The number of likely N-dealkylation sites (N-methyl/N-ethyl adjacent to an activating group) is 1. The molecule has 0 aromatic carbocycles. The van der Waals surface area contributed by atoms with Gasteiger partial charge in [-0.1, -0.05) is 227 Å². The monoisotopic (exact) mass is 981 g/mol. The molecule has 0 bridgehead atoms. The van der Waals surface area contributed by atoms with Gasteiger partial charge >= 0.3 is 17.9 Å². The van der Waals surface area contributed by atoms with Gasteiger partial charge in [0.05, 0.1) is 34.4 Å². The van der Waals surface area contributed by atoms with E-state index in [-0.39, 0.29) is 32.2 Å². The van der Waals surface area contributed by atoms with Crippen molar-refractivity contribution in [1.82, 2.24) is 0 Å². The average Bonchev–Trinajstić information content (AvgIpc) is 3.33. The lowest BCUT2D eigenvalue weighted by molar-refractivity contribution is -0.870. The fourth-order valence-corrected chi connectivity index (χ4v) is 7.58. The molecule has 0 saturated carbocycles. The molecule has 2 atom stereocenters. The van der Waals surface area contributed by atoms with E-state index in [0.717, 1.165) is 89.9 Å². The van der Waals surface area contributed by atoms with Gasteiger partial charge in [0.25, 0.3) is 6.29 Å². The largest absolute Gasteiger partial charge is 0.477 e. The van der Waals surface area contributed by atoms with Gasteiger partial charge in [0, 0.05) is 12.8 Å². The number of aliphatic carboxylic acids is 1. The van der Waals surface area contributed by atoms with Crippen LogP contribution in [0.3, 0.4) is 0 Å². The van der Waals surface area contributed by atoms with Gasteiger partial charge in [-0.2, -0.15) is 0 Å². The minimum absolute atomic E-state index is 0.182. The first-order valence-electron chi connectivity index (χ1n) is 28.3. The lowest BCUT2D eigenvalue weighted by Gasteiger charge is -2.25. The summed E-state index contributed by atoms with van der Waals surface area (Å²) in [5.74, 6) is -2.01. The quantitative estimate of drug-likeness (QED) is 0.0211. The molecule has 402 valence electrons. The summed E-state index contributed by atoms with van der Waals surface area (Å²) >= 11 is 0. The standard InChI is InChI=1S/C61H105NO8/c1-6-8-10-12-14-15-16-17-18-19-20-21-22-23-24-25-26-27-28-29-30-31-32-33-34-35-36-37-38-39-40-41-42-43-44-45-46-48-50-52-59(64)70-57(55-68-58(63)51-49-47-13-11-9-7-2)56-69-61(60(65)66)67-54-53-62(3,4)5/h8,10,14-15,17-18,20-21,23-24,26-27,29-30,57,61H,6-7,9,11-13,16,19,22,25,28,31-56H2,1-5H3/p+1/b10-8-,15-14-,18-17-,21-20-,24-23-,27-26-,30-29-. The molecule has 1 N–H and O–H groups in total. The van der Waals surface area contributed by atoms with E-state index in [4.69, 9.17) is 18.9 Å². The van der Waals surface area contributed by atoms with Crippen molar-refractivity contribution in [3.05, 3.63) is 85.1 Å². The maximum absolute atomic E-state index is 12.8. The third-order valence-corrected chi connectivity index (χ3v) is 11.9. The topological polar surface area (TPSA) is 108 Å². The number of hydrogen-bond donors (Lipinski definition) is 1. The molecule has 0 aromatic rings. The number of carbonyl (C=O) groups excluding carboxylic acids is 2. The SMILES string of the molecule is CC/C=C\C/C=C\C/C=C\C/C=C\C/C=C\C/C=C\C/C=C\CCCCCCCCCCCCCCCCCCCC(=O)OC(COC(=O)CCCCCCCC)COC(OCC[N+](C)(C)C)C(=O)O. The number of carboxylic acid groups (broad SMARTS) is 1. The molecule has 70 heavy (non-hydrogen) atoms. The highest BCUT2D eigenvalue weighted by Crippen LogP contribution is 2.16. The van der Waals surface area contributed by atoms with E-state index >= 15 is 0 Å². The maximum Gasteiger partial charge on any atom is 0.361 e. The molecule has 0 fully saturated rings. The Hall–Kier alpha value is -3.53. The summed E-state index contributed by atoms with van der Waals surface area (Å²) in [7, 11) is 5.95. The van der Waals surface area contributed by atoms with Crippen LogP contribution in [-0.2, 0) is 33.3 Å². The van der Waals surface area contributed by atoms with Crippen LogP contribution in [0.25, 0.3) is 0 Å². The number of allylic oxidation sites excluding steroid dienone is 14. The van der Waals surface area contributed by atoms with E-state index in [1.807, 2.05) is 21.1 Å².